The SMILES string of the molecule is Cc1ccc2[nH]cc(CCN3CC(C(=O)Nc4nnc(C(C)(C)C)s4)CC3=O)c2c1. The lowest BCUT2D eigenvalue weighted by molar-refractivity contribution is -0.128. The van der Waals surface area contributed by atoms with Crippen molar-refractivity contribution < 1.29 is 9.59 Å². The number of carbonyl (C=O) groups excluding carboxylic acids is 2. The van der Waals surface area contributed by atoms with Crippen molar-refractivity contribution in [1.82, 2.24) is 20.1 Å². The third kappa shape index (κ3) is 4.23. The number of nitrogens with one attached hydrogen (secondary N) is 2. The number of hydrogen-bond donors (Lipinski definition) is 2. The van der Waals surface area contributed by atoms with Gasteiger partial charge in [0.15, 0.2) is 0 Å². The van der Waals surface area contributed by atoms with Crippen LogP contribution in [0.3, 0.4) is 0 Å². The number of carbonyl (C=O) groups is 2. The molecule has 1 aliphatic rings. The van der Waals surface area contributed by atoms with Crippen LogP contribution < -0.4 is 5.32 Å². The molecule has 3 heterocycles. The first-order valence-electron chi connectivity index (χ1n) is 10.2. The molecule has 1 atom stereocenters. The third-order valence-electron chi connectivity index (χ3n) is 5.46. The third-order valence-corrected chi connectivity index (χ3v) is 6.72. The Balaban J connectivity index is 1.36. The number of anilines is 1. The van der Waals surface area contributed by atoms with Gasteiger partial charge < -0.3 is 15.2 Å². The molecule has 1 aliphatic heterocycles. The fourth-order valence-corrected chi connectivity index (χ4v) is 4.51. The summed E-state index contributed by atoms with van der Waals surface area (Å²) in [6, 6.07) is 6.32. The van der Waals surface area contributed by atoms with E-state index in [4.69, 9.17) is 0 Å². The van der Waals surface area contributed by atoms with Gasteiger partial charge in [-0.3, -0.25) is 9.59 Å². The van der Waals surface area contributed by atoms with Crippen molar-refractivity contribution in [2.45, 2.75) is 46.0 Å². The summed E-state index contributed by atoms with van der Waals surface area (Å²) >= 11 is 1.38. The predicted molar refractivity (Wildman–Crippen MR) is 119 cm³/mol. The largest absolute Gasteiger partial charge is 0.361 e. The Hall–Kier alpha value is -2.74. The molecular weight excluding hydrogens is 398 g/mol. The zero-order valence-corrected chi connectivity index (χ0v) is 18.6. The molecule has 2 amide bonds. The predicted octanol–water partition coefficient (Wildman–Crippen LogP) is 3.66. The molecule has 1 fully saturated rings. The number of benzene rings is 1. The van der Waals surface area contributed by atoms with Crippen LogP contribution >= 0.6 is 11.3 Å². The first-order chi connectivity index (χ1) is 14.2. The lowest BCUT2D eigenvalue weighted by Crippen LogP contribution is -2.30. The summed E-state index contributed by atoms with van der Waals surface area (Å²) in [5.74, 6) is -0.492. The molecule has 1 unspecified atom stereocenters. The molecule has 0 radical (unpaired) electrons. The van der Waals surface area contributed by atoms with Crippen LogP contribution in [-0.2, 0) is 21.4 Å². The molecule has 2 aromatic heterocycles. The molecule has 7 nitrogen and oxygen atoms in total. The molecule has 158 valence electrons. The first kappa shape index (κ1) is 20.5. The summed E-state index contributed by atoms with van der Waals surface area (Å²) in [6.07, 6.45) is 3.01. The lowest BCUT2D eigenvalue weighted by atomic mass is 9.98. The van der Waals surface area contributed by atoms with Gasteiger partial charge in [0.1, 0.15) is 5.01 Å². The van der Waals surface area contributed by atoms with Gasteiger partial charge in [0.25, 0.3) is 0 Å². The molecule has 1 saturated heterocycles. The fraction of sp³-hybridized carbons (Fsp3) is 0.455. The Morgan fingerprint density at radius 1 is 1.33 bits per heavy atom. The normalized spacial score (nSPS) is 17.1. The quantitative estimate of drug-likeness (QED) is 0.653. The molecule has 4 rings (SSSR count). The van der Waals surface area contributed by atoms with E-state index in [-0.39, 0.29) is 29.6 Å². The molecule has 30 heavy (non-hydrogen) atoms. The maximum absolute atomic E-state index is 12.7. The van der Waals surface area contributed by atoms with Gasteiger partial charge in [-0.15, -0.1) is 10.2 Å². The second-order valence-electron chi connectivity index (χ2n) is 9.01. The number of aromatic amines is 1. The van der Waals surface area contributed by atoms with E-state index >= 15 is 0 Å². The number of amides is 2. The molecule has 2 N–H and O–H groups in total. The van der Waals surface area contributed by atoms with E-state index in [1.807, 2.05) is 6.20 Å². The van der Waals surface area contributed by atoms with Crippen molar-refractivity contribution in [3.05, 3.63) is 40.5 Å². The number of aryl methyl sites for hydroxylation is 1. The van der Waals surface area contributed by atoms with E-state index in [1.165, 1.54) is 27.8 Å². The van der Waals surface area contributed by atoms with Gasteiger partial charge in [0.2, 0.25) is 16.9 Å². The Labute approximate surface area is 179 Å². The Morgan fingerprint density at radius 3 is 2.87 bits per heavy atom. The molecule has 8 heteroatoms. The Morgan fingerprint density at radius 2 is 2.13 bits per heavy atom. The van der Waals surface area contributed by atoms with Crippen LogP contribution in [0.25, 0.3) is 10.9 Å². The van der Waals surface area contributed by atoms with Gasteiger partial charge in [0, 0.05) is 42.0 Å². The maximum Gasteiger partial charge on any atom is 0.231 e. The average molecular weight is 426 g/mol. The van der Waals surface area contributed by atoms with Gasteiger partial charge >= 0.3 is 0 Å². The summed E-state index contributed by atoms with van der Waals surface area (Å²) in [4.78, 5) is 30.2. The molecule has 3 aromatic rings. The van der Waals surface area contributed by atoms with Crippen molar-refractivity contribution >= 4 is 39.2 Å². The average Bonchev–Trinajstić information content (AvgIpc) is 3.38. The number of rotatable bonds is 5. The van der Waals surface area contributed by atoms with E-state index in [2.05, 4.69) is 66.4 Å². The minimum atomic E-state index is -0.357. The minimum absolute atomic E-state index is 0.0267. The summed E-state index contributed by atoms with van der Waals surface area (Å²) in [5.41, 5.74) is 3.40. The van der Waals surface area contributed by atoms with Crippen LogP contribution in [-0.4, -0.2) is 45.0 Å². The van der Waals surface area contributed by atoms with Crippen molar-refractivity contribution in [3.8, 4) is 0 Å². The maximum atomic E-state index is 12.7. The van der Waals surface area contributed by atoms with E-state index in [0.29, 0.717) is 18.2 Å². The summed E-state index contributed by atoms with van der Waals surface area (Å²) in [7, 11) is 0. The molecular formula is C22H27N5O2S. The van der Waals surface area contributed by atoms with Crippen LogP contribution in [0, 0.1) is 12.8 Å². The number of nitrogens with zero attached hydrogens (tertiary/aromatic N) is 3. The van der Waals surface area contributed by atoms with Crippen LogP contribution in [0.2, 0.25) is 0 Å². The second-order valence-corrected chi connectivity index (χ2v) is 9.98. The fourth-order valence-electron chi connectivity index (χ4n) is 3.70. The second kappa shape index (κ2) is 7.83. The van der Waals surface area contributed by atoms with E-state index in [9.17, 15) is 9.59 Å². The lowest BCUT2D eigenvalue weighted by Gasteiger charge is -2.16. The highest BCUT2D eigenvalue weighted by molar-refractivity contribution is 7.15. The van der Waals surface area contributed by atoms with Gasteiger partial charge in [-0.1, -0.05) is 43.7 Å². The van der Waals surface area contributed by atoms with Crippen LogP contribution in [0.15, 0.2) is 24.4 Å². The highest BCUT2D eigenvalue weighted by atomic mass is 32.1. The van der Waals surface area contributed by atoms with Gasteiger partial charge in [0.05, 0.1) is 5.92 Å². The van der Waals surface area contributed by atoms with Crippen LogP contribution in [0.5, 0.6) is 0 Å². The molecule has 0 spiro atoms. The van der Waals surface area contributed by atoms with Crippen LogP contribution in [0.1, 0.15) is 43.3 Å². The summed E-state index contributed by atoms with van der Waals surface area (Å²) in [6.45, 7) is 9.30. The molecule has 0 bridgehead atoms. The van der Waals surface area contributed by atoms with Gasteiger partial charge in [-0.05, 0) is 31.0 Å². The molecule has 0 aliphatic carbocycles. The standard InChI is InChI=1S/C22H27N5O2S/c1-13-5-6-17-16(9-13)14(11-23-17)7-8-27-12-15(10-18(27)28)19(29)24-21-26-25-20(30-21)22(2,3)4/h5-6,9,11,15,23H,7-8,10,12H2,1-4H3,(H,24,26,29). The van der Waals surface area contributed by atoms with Crippen molar-refractivity contribution in [1.29, 1.82) is 0 Å². The number of aromatic nitrogens is 3. The summed E-state index contributed by atoms with van der Waals surface area (Å²) in [5, 5.41) is 13.6. The van der Waals surface area contributed by atoms with Crippen molar-refractivity contribution in [3.63, 3.8) is 0 Å². The molecule has 1 aromatic carbocycles. The Kier molecular flexibility index (Phi) is 5.36. The highest BCUT2D eigenvalue weighted by Crippen LogP contribution is 2.29. The van der Waals surface area contributed by atoms with E-state index in [0.717, 1.165) is 16.9 Å². The highest BCUT2D eigenvalue weighted by Gasteiger charge is 2.34. The van der Waals surface area contributed by atoms with Crippen LogP contribution in [0.4, 0.5) is 5.13 Å². The monoisotopic (exact) mass is 425 g/mol. The topological polar surface area (TPSA) is 91.0 Å². The number of hydrogen-bond acceptors (Lipinski definition) is 5. The number of H-pyrrole nitrogens is 1. The smallest absolute Gasteiger partial charge is 0.231 e. The van der Waals surface area contributed by atoms with Gasteiger partial charge in [-0.25, -0.2) is 0 Å². The zero-order chi connectivity index (χ0) is 21.5. The van der Waals surface area contributed by atoms with Crippen molar-refractivity contribution in [2.24, 2.45) is 5.92 Å². The van der Waals surface area contributed by atoms with Crippen molar-refractivity contribution in [2.75, 3.05) is 18.4 Å². The minimum Gasteiger partial charge on any atom is -0.361 e. The zero-order valence-electron chi connectivity index (χ0n) is 17.8. The number of likely N-dealkylation sites (tertiary alicyclic amines) is 1. The first-order valence-corrected chi connectivity index (χ1v) is 11.0. The Bertz CT molecular complexity index is 1090. The van der Waals surface area contributed by atoms with E-state index in [1.54, 1.807) is 4.90 Å². The number of fused-ring (bicyclic) bond motifs is 1. The van der Waals surface area contributed by atoms with Gasteiger partial charge in [-0.2, -0.15) is 0 Å². The van der Waals surface area contributed by atoms with E-state index < -0.39 is 0 Å². The molecule has 0 saturated carbocycles. The summed E-state index contributed by atoms with van der Waals surface area (Å²) < 4.78 is 0.